The number of alkyl halides is 6. The molecule has 1 aromatic rings. The van der Waals surface area contributed by atoms with Crippen molar-refractivity contribution in [1.29, 1.82) is 5.26 Å². The Morgan fingerprint density at radius 1 is 1.10 bits per heavy atom. The Morgan fingerprint density at radius 3 is 2.00 bits per heavy atom. The Kier molecular flexibility index (Phi) is 4.53. The van der Waals surface area contributed by atoms with Crippen LogP contribution in [0.3, 0.4) is 0 Å². The van der Waals surface area contributed by atoms with Crippen molar-refractivity contribution < 1.29 is 35.5 Å². The predicted molar refractivity (Wildman–Crippen MR) is 56.4 cm³/mol. The molecule has 0 amide bonds. The van der Waals surface area contributed by atoms with Crippen LogP contribution in [0.25, 0.3) is 0 Å². The molecule has 0 radical (unpaired) electrons. The number of halogens is 7. The molecule has 0 aliphatic rings. The van der Waals surface area contributed by atoms with Gasteiger partial charge in [0.15, 0.2) is 0 Å². The van der Waals surface area contributed by atoms with Crippen LogP contribution in [0, 0.1) is 17.1 Å². The minimum Gasteiger partial charge on any atom is -0.353 e. The Hall–Kier alpha value is -1.82. The van der Waals surface area contributed by atoms with Gasteiger partial charge in [-0.15, -0.1) is 0 Å². The molecule has 0 N–H and O–H groups in total. The quantitative estimate of drug-likeness (QED) is 0.787. The first-order valence-electron chi connectivity index (χ1n) is 5.38. The second-order valence-corrected chi connectivity index (χ2v) is 4.24. The summed E-state index contributed by atoms with van der Waals surface area (Å²) in [7, 11) is 0. The van der Waals surface area contributed by atoms with Crippen molar-refractivity contribution in [3.63, 3.8) is 0 Å². The highest BCUT2D eigenvalue weighted by Gasteiger charge is 2.69. The van der Waals surface area contributed by atoms with E-state index in [1.807, 2.05) is 0 Å². The van der Waals surface area contributed by atoms with Crippen LogP contribution >= 0.6 is 0 Å². The van der Waals surface area contributed by atoms with Gasteiger partial charge in [0, 0.05) is 5.56 Å². The third-order valence-electron chi connectivity index (χ3n) is 2.78. The van der Waals surface area contributed by atoms with Crippen molar-refractivity contribution in [3.8, 4) is 6.07 Å². The lowest BCUT2D eigenvalue weighted by Gasteiger charge is -2.33. The molecule has 0 saturated carbocycles. The van der Waals surface area contributed by atoms with Gasteiger partial charge in [0.2, 0.25) is 0 Å². The molecule has 1 aromatic carbocycles. The topological polar surface area (TPSA) is 33.0 Å². The maximum absolute atomic E-state index is 13.4. The highest BCUT2D eigenvalue weighted by atomic mass is 19.4. The van der Waals surface area contributed by atoms with Crippen molar-refractivity contribution in [1.82, 2.24) is 0 Å². The minimum absolute atomic E-state index is 0.120. The summed E-state index contributed by atoms with van der Waals surface area (Å²) in [6, 6.07) is 4.21. The largest absolute Gasteiger partial charge is 0.426 e. The molecule has 0 aromatic heterocycles. The van der Waals surface area contributed by atoms with E-state index in [0.717, 1.165) is 12.1 Å². The third kappa shape index (κ3) is 3.44. The SMILES string of the molecule is CC(OCc1ccc(C#N)cc1F)(C(F)(F)F)C(F)(F)F. The van der Waals surface area contributed by atoms with Gasteiger partial charge in [-0.05, 0) is 19.1 Å². The summed E-state index contributed by atoms with van der Waals surface area (Å²) in [5.41, 5.74) is -5.06. The molecule has 0 fully saturated rings. The lowest BCUT2D eigenvalue weighted by Crippen LogP contribution is -2.56. The summed E-state index contributed by atoms with van der Waals surface area (Å²) < 4.78 is 92.6. The zero-order valence-electron chi connectivity index (χ0n) is 10.4. The zero-order valence-corrected chi connectivity index (χ0v) is 10.4. The Labute approximate surface area is 114 Å². The fourth-order valence-corrected chi connectivity index (χ4v) is 1.28. The number of hydrogen-bond donors (Lipinski definition) is 0. The van der Waals surface area contributed by atoms with Crippen LogP contribution in [0.15, 0.2) is 18.2 Å². The lowest BCUT2D eigenvalue weighted by atomic mass is 10.1. The van der Waals surface area contributed by atoms with Crippen molar-refractivity contribution in [2.24, 2.45) is 0 Å². The third-order valence-corrected chi connectivity index (χ3v) is 2.78. The number of ether oxygens (including phenoxy) is 1. The van der Waals surface area contributed by atoms with Gasteiger partial charge in [0.05, 0.1) is 18.2 Å². The molecule has 0 unspecified atom stereocenters. The highest BCUT2D eigenvalue weighted by molar-refractivity contribution is 5.32. The molecule has 0 saturated heterocycles. The van der Waals surface area contributed by atoms with Crippen LogP contribution in [0.1, 0.15) is 18.1 Å². The average Bonchev–Trinajstić information content (AvgIpc) is 2.34. The van der Waals surface area contributed by atoms with Crippen molar-refractivity contribution in [2.75, 3.05) is 0 Å². The monoisotopic (exact) mass is 315 g/mol. The summed E-state index contributed by atoms with van der Waals surface area (Å²) in [5, 5.41) is 8.48. The summed E-state index contributed by atoms with van der Waals surface area (Å²) in [6.45, 7) is -1.42. The zero-order chi connectivity index (χ0) is 16.5. The van der Waals surface area contributed by atoms with Crippen LogP contribution in [0.4, 0.5) is 30.7 Å². The molecule has 21 heavy (non-hydrogen) atoms. The summed E-state index contributed by atoms with van der Waals surface area (Å²) in [6.07, 6.45) is -11.4. The van der Waals surface area contributed by atoms with Crippen molar-refractivity contribution >= 4 is 0 Å². The van der Waals surface area contributed by atoms with Crippen LogP contribution < -0.4 is 0 Å². The molecule has 0 heterocycles. The van der Waals surface area contributed by atoms with Crippen LogP contribution in [-0.2, 0) is 11.3 Å². The first-order valence-corrected chi connectivity index (χ1v) is 5.38. The molecule has 116 valence electrons. The molecule has 1 rings (SSSR count). The molecule has 2 nitrogen and oxygen atoms in total. The highest BCUT2D eigenvalue weighted by Crippen LogP contribution is 2.45. The van der Waals surface area contributed by atoms with E-state index in [9.17, 15) is 30.7 Å². The van der Waals surface area contributed by atoms with E-state index >= 15 is 0 Å². The van der Waals surface area contributed by atoms with Crippen molar-refractivity contribution in [3.05, 3.63) is 35.1 Å². The molecule has 0 aliphatic carbocycles. The molecule has 0 atom stereocenters. The number of benzene rings is 1. The maximum Gasteiger partial charge on any atom is 0.426 e. The van der Waals surface area contributed by atoms with Gasteiger partial charge in [0.25, 0.3) is 5.60 Å². The van der Waals surface area contributed by atoms with Crippen LogP contribution in [0.5, 0.6) is 0 Å². The molecule has 0 aliphatic heterocycles. The van der Waals surface area contributed by atoms with E-state index in [2.05, 4.69) is 4.74 Å². The first-order chi connectivity index (χ1) is 9.42. The maximum atomic E-state index is 13.4. The predicted octanol–water partition coefficient (Wildman–Crippen LogP) is 4.10. The number of nitriles is 1. The fourth-order valence-electron chi connectivity index (χ4n) is 1.28. The van der Waals surface area contributed by atoms with Gasteiger partial charge in [-0.3, -0.25) is 0 Å². The summed E-state index contributed by atoms with van der Waals surface area (Å²) in [4.78, 5) is 0. The van der Waals surface area contributed by atoms with Gasteiger partial charge in [0.1, 0.15) is 5.82 Å². The second-order valence-electron chi connectivity index (χ2n) is 4.24. The van der Waals surface area contributed by atoms with E-state index < -0.39 is 35.9 Å². The number of rotatable bonds is 3. The lowest BCUT2D eigenvalue weighted by molar-refractivity contribution is -0.377. The second kappa shape index (κ2) is 5.52. The molecule has 0 bridgehead atoms. The molecular formula is C12H8F7NO. The average molecular weight is 315 g/mol. The molecule has 9 heteroatoms. The standard InChI is InChI=1S/C12H8F7NO/c1-10(11(14,15)16,12(17,18)19)21-6-8-3-2-7(5-20)4-9(8)13/h2-4H,6H2,1H3. The van der Waals surface area contributed by atoms with Gasteiger partial charge in [-0.1, -0.05) is 6.07 Å². The van der Waals surface area contributed by atoms with Gasteiger partial charge in [-0.25, -0.2) is 4.39 Å². The van der Waals surface area contributed by atoms with E-state index in [1.165, 1.54) is 0 Å². The van der Waals surface area contributed by atoms with E-state index in [1.54, 1.807) is 6.07 Å². The van der Waals surface area contributed by atoms with Crippen LogP contribution in [0.2, 0.25) is 0 Å². The summed E-state index contributed by atoms with van der Waals surface area (Å²) >= 11 is 0. The van der Waals surface area contributed by atoms with Gasteiger partial charge < -0.3 is 4.74 Å². The van der Waals surface area contributed by atoms with Crippen molar-refractivity contribution in [2.45, 2.75) is 31.5 Å². The minimum atomic E-state index is -5.71. The van der Waals surface area contributed by atoms with Gasteiger partial charge >= 0.3 is 12.4 Å². The first kappa shape index (κ1) is 17.2. The molecule has 0 spiro atoms. The molecular weight excluding hydrogens is 307 g/mol. The Bertz CT molecular complexity index is 542. The van der Waals surface area contributed by atoms with Crippen LogP contribution in [-0.4, -0.2) is 18.0 Å². The smallest absolute Gasteiger partial charge is 0.353 e. The van der Waals surface area contributed by atoms with E-state index in [4.69, 9.17) is 5.26 Å². The number of hydrogen-bond acceptors (Lipinski definition) is 2. The Morgan fingerprint density at radius 2 is 1.62 bits per heavy atom. The normalized spacial score (nSPS) is 13.1. The summed E-state index contributed by atoms with van der Waals surface area (Å²) in [5.74, 6) is -1.12. The van der Waals surface area contributed by atoms with E-state index in [-0.39, 0.29) is 12.5 Å². The Balaban J connectivity index is 3.02. The number of nitrogens with zero attached hydrogens (tertiary/aromatic N) is 1. The van der Waals surface area contributed by atoms with E-state index in [0.29, 0.717) is 6.07 Å². The van der Waals surface area contributed by atoms with Gasteiger partial charge in [-0.2, -0.15) is 31.6 Å². The fraction of sp³-hybridized carbons (Fsp3) is 0.417.